The smallest absolute Gasteiger partial charge is 0.224 e. The molecule has 0 saturated heterocycles. The molecule has 21 heavy (non-hydrogen) atoms. The highest BCUT2D eigenvalue weighted by molar-refractivity contribution is 5.79. The highest BCUT2D eigenvalue weighted by atomic mass is 16.5. The summed E-state index contributed by atoms with van der Waals surface area (Å²) in [4.78, 5) is 12.0. The number of nitrogens with zero attached hydrogens (tertiary/aromatic N) is 1. The SMILES string of the molecule is Cc1noc(C)c1CC(=O)NCc1ccc2c(c1)CNC2. The van der Waals surface area contributed by atoms with Crippen LogP contribution < -0.4 is 10.6 Å². The lowest BCUT2D eigenvalue weighted by atomic mass is 10.1. The molecule has 0 radical (unpaired) electrons. The number of carbonyl (C=O) groups excluding carboxylic acids is 1. The van der Waals surface area contributed by atoms with Crippen LogP contribution in [0.1, 0.15) is 33.7 Å². The van der Waals surface area contributed by atoms with Gasteiger partial charge in [0.15, 0.2) is 0 Å². The molecule has 1 aromatic carbocycles. The summed E-state index contributed by atoms with van der Waals surface area (Å²) < 4.78 is 5.07. The molecule has 0 spiro atoms. The largest absolute Gasteiger partial charge is 0.361 e. The Kier molecular flexibility index (Phi) is 3.75. The fourth-order valence-corrected chi connectivity index (χ4v) is 2.64. The summed E-state index contributed by atoms with van der Waals surface area (Å²) in [6.45, 7) is 6.09. The van der Waals surface area contributed by atoms with Gasteiger partial charge in [-0.05, 0) is 30.5 Å². The minimum absolute atomic E-state index is 0.0111. The molecule has 1 aliphatic rings. The normalized spacial score (nSPS) is 13.2. The van der Waals surface area contributed by atoms with Crippen LogP contribution in [0.3, 0.4) is 0 Å². The second-order valence-electron chi connectivity index (χ2n) is 5.46. The Hall–Kier alpha value is -2.14. The van der Waals surface area contributed by atoms with Crippen LogP contribution in [0.5, 0.6) is 0 Å². The molecule has 1 amide bonds. The van der Waals surface area contributed by atoms with Gasteiger partial charge in [0, 0.05) is 25.2 Å². The van der Waals surface area contributed by atoms with E-state index in [1.165, 1.54) is 11.1 Å². The van der Waals surface area contributed by atoms with Gasteiger partial charge < -0.3 is 15.2 Å². The molecule has 2 aromatic rings. The molecule has 5 nitrogen and oxygen atoms in total. The first-order valence-corrected chi connectivity index (χ1v) is 7.13. The highest BCUT2D eigenvalue weighted by Crippen LogP contribution is 2.17. The lowest BCUT2D eigenvalue weighted by Gasteiger charge is -2.07. The lowest BCUT2D eigenvalue weighted by Crippen LogP contribution is -2.25. The molecule has 2 heterocycles. The Bertz CT molecular complexity index is 657. The van der Waals surface area contributed by atoms with Crippen LogP contribution in [0.15, 0.2) is 22.7 Å². The van der Waals surface area contributed by atoms with Gasteiger partial charge in [-0.15, -0.1) is 0 Å². The predicted molar refractivity (Wildman–Crippen MR) is 78.5 cm³/mol. The number of carbonyl (C=O) groups is 1. The third-order valence-electron chi connectivity index (χ3n) is 3.91. The minimum atomic E-state index is -0.0111. The summed E-state index contributed by atoms with van der Waals surface area (Å²) >= 11 is 0. The molecular weight excluding hydrogens is 266 g/mol. The zero-order chi connectivity index (χ0) is 14.8. The molecule has 0 saturated carbocycles. The van der Waals surface area contributed by atoms with E-state index < -0.39 is 0 Å². The van der Waals surface area contributed by atoms with Crippen molar-refractivity contribution in [3.8, 4) is 0 Å². The summed E-state index contributed by atoms with van der Waals surface area (Å²) in [7, 11) is 0. The van der Waals surface area contributed by atoms with Gasteiger partial charge in [-0.3, -0.25) is 4.79 Å². The molecule has 1 aromatic heterocycles. The van der Waals surface area contributed by atoms with E-state index >= 15 is 0 Å². The van der Waals surface area contributed by atoms with Crippen molar-refractivity contribution in [3.63, 3.8) is 0 Å². The van der Waals surface area contributed by atoms with E-state index in [0.717, 1.165) is 29.9 Å². The zero-order valence-electron chi connectivity index (χ0n) is 12.3. The van der Waals surface area contributed by atoms with E-state index in [0.29, 0.717) is 18.7 Å². The first kappa shape index (κ1) is 13.8. The summed E-state index contributed by atoms with van der Waals surface area (Å²) in [5, 5.41) is 10.1. The molecule has 2 N–H and O–H groups in total. The summed E-state index contributed by atoms with van der Waals surface area (Å²) in [5.41, 5.74) is 5.47. The number of aryl methyl sites for hydroxylation is 2. The Labute approximate surface area is 123 Å². The topological polar surface area (TPSA) is 67.2 Å². The van der Waals surface area contributed by atoms with Crippen LogP contribution in [-0.4, -0.2) is 11.1 Å². The third-order valence-corrected chi connectivity index (χ3v) is 3.91. The van der Waals surface area contributed by atoms with Crippen LogP contribution >= 0.6 is 0 Å². The van der Waals surface area contributed by atoms with Crippen molar-refractivity contribution in [2.24, 2.45) is 0 Å². The molecule has 0 atom stereocenters. The summed E-state index contributed by atoms with van der Waals surface area (Å²) in [5.74, 6) is 0.703. The Morgan fingerprint density at radius 1 is 1.33 bits per heavy atom. The lowest BCUT2D eigenvalue weighted by molar-refractivity contribution is -0.120. The first-order valence-electron chi connectivity index (χ1n) is 7.13. The second-order valence-corrected chi connectivity index (χ2v) is 5.46. The predicted octanol–water partition coefficient (Wildman–Crippen LogP) is 1.75. The monoisotopic (exact) mass is 285 g/mol. The summed E-state index contributed by atoms with van der Waals surface area (Å²) in [6.07, 6.45) is 0.313. The van der Waals surface area contributed by atoms with Gasteiger partial charge in [-0.2, -0.15) is 0 Å². The molecule has 5 heteroatoms. The fourth-order valence-electron chi connectivity index (χ4n) is 2.64. The number of fused-ring (bicyclic) bond motifs is 1. The standard InChI is InChI=1S/C16H19N3O2/c1-10-15(11(2)21-19-10)6-16(20)18-7-12-3-4-13-8-17-9-14(13)5-12/h3-5,17H,6-9H2,1-2H3,(H,18,20). The Morgan fingerprint density at radius 2 is 2.14 bits per heavy atom. The third kappa shape index (κ3) is 2.97. The van der Waals surface area contributed by atoms with E-state index in [1.807, 2.05) is 13.8 Å². The summed E-state index contributed by atoms with van der Waals surface area (Å²) in [6, 6.07) is 6.36. The van der Waals surface area contributed by atoms with Crippen LogP contribution in [0.2, 0.25) is 0 Å². The van der Waals surface area contributed by atoms with Crippen molar-refractivity contribution in [1.29, 1.82) is 0 Å². The number of aromatic nitrogens is 1. The van der Waals surface area contributed by atoms with Crippen molar-refractivity contribution in [2.75, 3.05) is 0 Å². The van der Waals surface area contributed by atoms with Crippen LogP contribution in [-0.2, 0) is 30.8 Å². The maximum Gasteiger partial charge on any atom is 0.224 e. The van der Waals surface area contributed by atoms with E-state index in [2.05, 4.69) is 34.0 Å². The number of rotatable bonds is 4. The van der Waals surface area contributed by atoms with E-state index in [9.17, 15) is 4.79 Å². The highest BCUT2D eigenvalue weighted by Gasteiger charge is 2.14. The van der Waals surface area contributed by atoms with E-state index in [4.69, 9.17) is 4.52 Å². The second kappa shape index (κ2) is 5.69. The van der Waals surface area contributed by atoms with Gasteiger partial charge in [0.05, 0.1) is 12.1 Å². The van der Waals surface area contributed by atoms with Crippen molar-refractivity contribution in [1.82, 2.24) is 15.8 Å². The maximum absolute atomic E-state index is 12.0. The number of nitrogens with one attached hydrogen (secondary N) is 2. The molecule has 1 aliphatic heterocycles. The molecule has 0 bridgehead atoms. The van der Waals surface area contributed by atoms with Crippen LogP contribution in [0.4, 0.5) is 0 Å². The Balaban J connectivity index is 1.59. The number of benzene rings is 1. The van der Waals surface area contributed by atoms with Gasteiger partial charge in [0.25, 0.3) is 0 Å². The van der Waals surface area contributed by atoms with Crippen molar-refractivity contribution < 1.29 is 9.32 Å². The average molecular weight is 285 g/mol. The average Bonchev–Trinajstić information content (AvgIpc) is 3.06. The van der Waals surface area contributed by atoms with Gasteiger partial charge in [0.2, 0.25) is 5.91 Å². The van der Waals surface area contributed by atoms with Gasteiger partial charge in [-0.25, -0.2) is 0 Å². The van der Waals surface area contributed by atoms with E-state index in [1.54, 1.807) is 0 Å². The van der Waals surface area contributed by atoms with Gasteiger partial charge in [0.1, 0.15) is 5.76 Å². The van der Waals surface area contributed by atoms with E-state index in [-0.39, 0.29) is 5.91 Å². The molecule has 0 unspecified atom stereocenters. The van der Waals surface area contributed by atoms with Crippen molar-refractivity contribution in [2.45, 2.75) is 39.9 Å². The number of hydrogen-bond acceptors (Lipinski definition) is 4. The quantitative estimate of drug-likeness (QED) is 0.898. The maximum atomic E-state index is 12.0. The van der Waals surface area contributed by atoms with Crippen molar-refractivity contribution in [3.05, 3.63) is 51.9 Å². The first-order chi connectivity index (χ1) is 10.1. The van der Waals surface area contributed by atoms with Crippen LogP contribution in [0.25, 0.3) is 0 Å². The molecule has 3 rings (SSSR count). The zero-order valence-corrected chi connectivity index (χ0v) is 12.3. The molecule has 0 aliphatic carbocycles. The number of hydrogen-bond donors (Lipinski definition) is 2. The molecular formula is C16H19N3O2. The number of amides is 1. The Morgan fingerprint density at radius 3 is 2.90 bits per heavy atom. The van der Waals surface area contributed by atoms with Gasteiger partial charge >= 0.3 is 0 Å². The van der Waals surface area contributed by atoms with Crippen LogP contribution in [0, 0.1) is 13.8 Å². The van der Waals surface area contributed by atoms with Gasteiger partial charge in [-0.1, -0.05) is 23.4 Å². The molecule has 0 fully saturated rings. The molecule has 110 valence electrons. The minimum Gasteiger partial charge on any atom is -0.361 e. The van der Waals surface area contributed by atoms with Crippen molar-refractivity contribution >= 4 is 5.91 Å². The fraction of sp³-hybridized carbons (Fsp3) is 0.375.